The first kappa shape index (κ1) is 10.7. The Morgan fingerprint density at radius 1 is 1.53 bits per heavy atom. The summed E-state index contributed by atoms with van der Waals surface area (Å²) in [5.74, 6) is 1.98. The highest BCUT2D eigenvalue weighted by molar-refractivity contribution is 5.20. The monoisotopic (exact) mass is 208 g/mol. The molecule has 3 nitrogen and oxygen atoms in total. The van der Waals surface area contributed by atoms with Crippen LogP contribution in [0.25, 0.3) is 0 Å². The molecule has 0 unspecified atom stereocenters. The summed E-state index contributed by atoms with van der Waals surface area (Å²) in [6.07, 6.45) is 2.69. The van der Waals surface area contributed by atoms with Gasteiger partial charge in [-0.05, 0) is 37.9 Å². The van der Waals surface area contributed by atoms with Gasteiger partial charge in [0.25, 0.3) is 0 Å². The number of nitrogens with zero attached hydrogens (tertiary/aromatic N) is 1. The van der Waals surface area contributed by atoms with E-state index in [0.29, 0.717) is 6.54 Å². The first-order chi connectivity index (χ1) is 7.24. The highest BCUT2D eigenvalue weighted by atomic mass is 16.3. The number of furan rings is 1. The van der Waals surface area contributed by atoms with E-state index in [9.17, 15) is 0 Å². The molecule has 0 radical (unpaired) electrons. The molecule has 3 heteroatoms. The van der Waals surface area contributed by atoms with Gasteiger partial charge in [-0.1, -0.05) is 6.92 Å². The zero-order chi connectivity index (χ0) is 10.8. The first-order valence-electron chi connectivity index (χ1n) is 5.77. The van der Waals surface area contributed by atoms with E-state index >= 15 is 0 Å². The van der Waals surface area contributed by atoms with Gasteiger partial charge < -0.3 is 10.2 Å². The Morgan fingerprint density at radius 3 is 2.73 bits per heavy atom. The predicted octanol–water partition coefficient (Wildman–Crippen LogP) is 2.03. The van der Waals surface area contributed by atoms with Crippen molar-refractivity contribution in [1.82, 2.24) is 4.90 Å². The molecule has 0 atom stereocenters. The minimum Gasteiger partial charge on any atom is -0.463 e. The third-order valence-corrected chi connectivity index (χ3v) is 3.09. The second kappa shape index (κ2) is 4.37. The average molecular weight is 208 g/mol. The number of nitrogens with two attached hydrogens (primary N) is 1. The van der Waals surface area contributed by atoms with Crippen LogP contribution >= 0.6 is 0 Å². The van der Waals surface area contributed by atoms with Gasteiger partial charge in [0.15, 0.2) is 0 Å². The van der Waals surface area contributed by atoms with E-state index in [0.717, 1.165) is 30.7 Å². The largest absolute Gasteiger partial charge is 0.463 e. The van der Waals surface area contributed by atoms with E-state index in [2.05, 4.69) is 24.8 Å². The molecule has 15 heavy (non-hydrogen) atoms. The normalized spacial score (nSPS) is 16.3. The molecule has 2 N–H and O–H groups in total. The summed E-state index contributed by atoms with van der Waals surface area (Å²) in [7, 11) is 0. The van der Waals surface area contributed by atoms with Crippen LogP contribution in [-0.2, 0) is 13.1 Å². The Balaban J connectivity index is 2.02. The van der Waals surface area contributed by atoms with Crippen molar-refractivity contribution in [3.05, 3.63) is 23.2 Å². The van der Waals surface area contributed by atoms with Crippen LogP contribution in [0.2, 0.25) is 0 Å². The maximum Gasteiger partial charge on any atom is 0.120 e. The van der Waals surface area contributed by atoms with Gasteiger partial charge in [-0.3, -0.25) is 4.90 Å². The summed E-state index contributed by atoms with van der Waals surface area (Å²) in [6.45, 7) is 6.80. The molecule has 1 heterocycles. The van der Waals surface area contributed by atoms with Gasteiger partial charge in [-0.15, -0.1) is 0 Å². The molecule has 1 aromatic heterocycles. The molecule has 0 aliphatic heterocycles. The summed E-state index contributed by atoms with van der Waals surface area (Å²) < 4.78 is 5.71. The van der Waals surface area contributed by atoms with E-state index in [1.807, 2.05) is 0 Å². The number of rotatable bonds is 5. The lowest BCUT2D eigenvalue weighted by Crippen LogP contribution is -2.24. The summed E-state index contributed by atoms with van der Waals surface area (Å²) in [5, 5.41) is 0. The van der Waals surface area contributed by atoms with Gasteiger partial charge in [0.1, 0.15) is 11.5 Å². The fourth-order valence-electron chi connectivity index (χ4n) is 2.01. The lowest BCUT2D eigenvalue weighted by atomic mass is 10.2. The van der Waals surface area contributed by atoms with Gasteiger partial charge in [0, 0.05) is 6.04 Å². The lowest BCUT2D eigenvalue weighted by molar-refractivity contribution is 0.243. The lowest BCUT2D eigenvalue weighted by Gasteiger charge is -2.17. The molecule has 2 rings (SSSR count). The SMILES string of the molecule is CCN(Cc1cc(C)c(CN)o1)C1CC1. The molecule has 0 aromatic carbocycles. The molecule has 0 bridgehead atoms. The number of hydrogen-bond acceptors (Lipinski definition) is 3. The fourth-order valence-corrected chi connectivity index (χ4v) is 2.01. The second-order valence-electron chi connectivity index (χ2n) is 4.32. The maximum atomic E-state index is 5.71. The molecule has 1 aromatic rings. The molecule has 1 aliphatic rings. The summed E-state index contributed by atoms with van der Waals surface area (Å²) in [6, 6.07) is 2.91. The Kier molecular flexibility index (Phi) is 3.12. The van der Waals surface area contributed by atoms with Crippen LogP contribution in [0.4, 0.5) is 0 Å². The molecule has 1 fully saturated rings. The minimum atomic E-state index is 0.501. The summed E-state index contributed by atoms with van der Waals surface area (Å²) >= 11 is 0. The van der Waals surface area contributed by atoms with Gasteiger partial charge in [-0.2, -0.15) is 0 Å². The van der Waals surface area contributed by atoms with Crippen molar-refractivity contribution < 1.29 is 4.42 Å². The van der Waals surface area contributed by atoms with Crippen molar-refractivity contribution >= 4 is 0 Å². The molecule has 0 saturated heterocycles. The van der Waals surface area contributed by atoms with Crippen LogP contribution < -0.4 is 5.73 Å². The number of aryl methyl sites for hydroxylation is 1. The zero-order valence-corrected chi connectivity index (χ0v) is 9.62. The van der Waals surface area contributed by atoms with Crippen molar-refractivity contribution in [2.45, 2.75) is 45.8 Å². The Labute approximate surface area is 91.2 Å². The van der Waals surface area contributed by atoms with E-state index in [4.69, 9.17) is 10.2 Å². The van der Waals surface area contributed by atoms with Crippen LogP contribution in [0.3, 0.4) is 0 Å². The van der Waals surface area contributed by atoms with Crippen LogP contribution in [0.1, 0.15) is 36.8 Å². The predicted molar refractivity (Wildman–Crippen MR) is 60.4 cm³/mol. The molecule has 1 saturated carbocycles. The summed E-state index contributed by atoms with van der Waals surface area (Å²) in [4.78, 5) is 2.47. The fraction of sp³-hybridized carbons (Fsp3) is 0.667. The quantitative estimate of drug-likeness (QED) is 0.805. The van der Waals surface area contributed by atoms with Crippen molar-refractivity contribution in [2.24, 2.45) is 5.73 Å². The molecule has 84 valence electrons. The molecular weight excluding hydrogens is 188 g/mol. The second-order valence-corrected chi connectivity index (χ2v) is 4.32. The van der Waals surface area contributed by atoms with Crippen molar-refractivity contribution in [1.29, 1.82) is 0 Å². The van der Waals surface area contributed by atoms with E-state index in [1.54, 1.807) is 0 Å². The molecular formula is C12H20N2O. The standard InChI is InChI=1S/C12H20N2O/c1-3-14(10-4-5-10)8-11-6-9(2)12(7-13)15-11/h6,10H,3-5,7-8,13H2,1-2H3. The van der Waals surface area contributed by atoms with E-state index in [1.165, 1.54) is 18.4 Å². The third-order valence-electron chi connectivity index (χ3n) is 3.09. The highest BCUT2D eigenvalue weighted by Crippen LogP contribution is 2.28. The molecule has 0 spiro atoms. The van der Waals surface area contributed by atoms with Crippen LogP contribution in [0.5, 0.6) is 0 Å². The third kappa shape index (κ3) is 2.41. The van der Waals surface area contributed by atoms with Gasteiger partial charge in [0.05, 0.1) is 13.1 Å². The van der Waals surface area contributed by atoms with E-state index in [-0.39, 0.29) is 0 Å². The Hall–Kier alpha value is -0.800. The van der Waals surface area contributed by atoms with Gasteiger partial charge in [-0.25, -0.2) is 0 Å². The highest BCUT2D eigenvalue weighted by Gasteiger charge is 2.28. The van der Waals surface area contributed by atoms with Crippen LogP contribution in [0, 0.1) is 6.92 Å². The van der Waals surface area contributed by atoms with Crippen molar-refractivity contribution in [3.63, 3.8) is 0 Å². The maximum absolute atomic E-state index is 5.71. The topological polar surface area (TPSA) is 42.4 Å². The van der Waals surface area contributed by atoms with Gasteiger partial charge in [0.2, 0.25) is 0 Å². The first-order valence-corrected chi connectivity index (χ1v) is 5.77. The van der Waals surface area contributed by atoms with Crippen molar-refractivity contribution in [3.8, 4) is 0 Å². The average Bonchev–Trinajstić information content (AvgIpc) is 3.00. The Morgan fingerprint density at radius 2 is 2.27 bits per heavy atom. The van der Waals surface area contributed by atoms with Crippen LogP contribution in [0.15, 0.2) is 10.5 Å². The molecule has 0 amide bonds. The van der Waals surface area contributed by atoms with Gasteiger partial charge >= 0.3 is 0 Å². The van der Waals surface area contributed by atoms with Crippen LogP contribution in [-0.4, -0.2) is 17.5 Å². The molecule has 1 aliphatic carbocycles. The Bertz CT molecular complexity index is 328. The van der Waals surface area contributed by atoms with E-state index < -0.39 is 0 Å². The smallest absolute Gasteiger partial charge is 0.120 e. The van der Waals surface area contributed by atoms with Crippen molar-refractivity contribution in [2.75, 3.05) is 6.54 Å². The zero-order valence-electron chi connectivity index (χ0n) is 9.62. The minimum absolute atomic E-state index is 0.501. The number of hydrogen-bond donors (Lipinski definition) is 1. The summed E-state index contributed by atoms with van der Waals surface area (Å²) in [5.41, 5.74) is 6.77.